The van der Waals surface area contributed by atoms with Crippen molar-refractivity contribution in [3.63, 3.8) is 0 Å². The van der Waals surface area contributed by atoms with E-state index in [9.17, 15) is 0 Å². The van der Waals surface area contributed by atoms with Gasteiger partial charge in [-0.25, -0.2) is 0 Å². The molecule has 1 aliphatic carbocycles. The van der Waals surface area contributed by atoms with Crippen molar-refractivity contribution in [1.29, 1.82) is 0 Å². The SMILES string of the molecule is CC(C)CC(C)(C)C1CCC(C)C(C)C1. The minimum Gasteiger partial charge on any atom is -0.0628 e. The van der Waals surface area contributed by atoms with Crippen LogP contribution in [0.4, 0.5) is 0 Å². The van der Waals surface area contributed by atoms with Crippen LogP contribution in [0.5, 0.6) is 0 Å². The summed E-state index contributed by atoms with van der Waals surface area (Å²) in [5.74, 6) is 3.70. The van der Waals surface area contributed by atoms with Crippen LogP contribution in [-0.2, 0) is 0 Å². The van der Waals surface area contributed by atoms with Gasteiger partial charge in [-0.1, -0.05) is 48.0 Å². The van der Waals surface area contributed by atoms with Gasteiger partial charge in [0.05, 0.1) is 0 Å². The van der Waals surface area contributed by atoms with Crippen LogP contribution in [0, 0.1) is 29.1 Å². The van der Waals surface area contributed by atoms with E-state index >= 15 is 0 Å². The average Bonchev–Trinajstić information content (AvgIpc) is 2.07. The molecule has 3 unspecified atom stereocenters. The van der Waals surface area contributed by atoms with E-state index in [0.717, 1.165) is 23.7 Å². The normalized spacial score (nSPS) is 33.4. The summed E-state index contributed by atoms with van der Waals surface area (Å²) in [6.07, 6.45) is 5.76. The predicted molar refractivity (Wildman–Crippen MR) is 68.9 cm³/mol. The molecule has 1 saturated carbocycles. The zero-order valence-electron chi connectivity index (χ0n) is 11.6. The molecule has 0 aromatic carbocycles. The summed E-state index contributed by atoms with van der Waals surface area (Å²) in [4.78, 5) is 0. The van der Waals surface area contributed by atoms with E-state index in [1.165, 1.54) is 25.7 Å². The van der Waals surface area contributed by atoms with Gasteiger partial charge in [0.2, 0.25) is 0 Å². The van der Waals surface area contributed by atoms with Crippen molar-refractivity contribution in [2.24, 2.45) is 29.1 Å². The Morgan fingerprint density at radius 1 is 1.07 bits per heavy atom. The summed E-state index contributed by atoms with van der Waals surface area (Å²) in [6.45, 7) is 14.6. The molecule has 15 heavy (non-hydrogen) atoms. The van der Waals surface area contributed by atoms with Gasteiger partial charge >= 0.3 is 0 Å². The third-order valence-corrected chi connectivity index (χ3v) is 4.64. The van der Waals surface area contributed by atoms with E-state index in [-0.39, 0.29) is 0 Å². The second-order valence-electron chi connectivity index (χ2n) is 7.05. The Hall–Kier alpha value is 0. The largest absolute Gasteiger partial charge is 0.0628 e. The lowest BCUT2D eigenvalue weighted by molar-refractivity contribution is 0.0825. The maximum Gasteiger partial charge on any atom is -0.0323 e. The Bertz CT molecular complexity index is 190. The molecule has 0 radical (unpaired) electrons. The van der Waals surface area contributed by atoms with E-state index in [0.29, 0.717) is 5.41 Å². The molecular weight excluding hydrogens is 180 g/mol. The maximum atomic E-state index is 2.49. The van der Waals surface area contributed by atoms with Crippen LogP contribution >= 0.6 is 0 Å². The molecule has 0 aromatic rings. The van der Waals surface area contributed by atoms with Gasteiger partial charge in [-0.3, -0.25) is 0 Å². The van der Waals surface area contributed by atoms with Crippen LogP contribution in [0.1, 0.15) is 67.2 Å². The molecule has 0 nitrogen and oxygen atoms in total. The lowest BCUT2D eigenvalue weighted by atomic mass is 9.63. The summed E-state index contributed by atoms with van der Waals surface area (Å²) < 4.78 is 0. The lowest BCUT2D eigenvalue weighted by Gasteiger charge is -2.42. The molecule has 0 N–H and O–H groups in total. The van der Waals surface area contributed by atoms with E-state index < -0.39 is 0 Å². The van der Waals surface area contributed by atoms with Crippen LogP contribution in [0.15, 0.2) is 0 Å². The summed E-state index contributed by atoms with van der Waals surface area (Å²) in [7, 11) is 0. The first-order valence-corrected chi connectivity index (χ1v) is 6.83. The van der Waals surface area contributed by atoms with E-state index in [2.05, 4.69) is 41.5 Å². The van der Waals surface area contributed by atoms with Gasteiger partial charge in [-0.05, 0) is 48.3 Å². The molecule has 0 heterocycles. The van der Waals surface area contributed by atoms with Crippen LogP contribution in [-0.4, -0.2) is 0 Å². The Kier molecular flexibility index (Phi) is 4.26. The molecule has 0 bridgehead atoms. The molecule has 90 valence electrons. The summed E-state index contributed by atoms with van der Waals surface area (Å²) in [6, 6.07) is 0. The highest BCUT2D eigenvalue weighted by molar-refractivity contribution is 4.85. The predicted octanol–water partition coefficient (Wildman–Crippen LogP) is 5.13. The van der Waals surface area contributed by atoms with Gasteiger partial charge in [0, 0.05) is 0 Å². The second-order valence-corrected chi connectivity index (χ2v) is 7.05. The van der Waals surface area contributed by atoms with E-state index in [1.54, 1.807) is 0 Å². The van der Waals surface area contributed by atoms with E-state index in [1.807, 2.05) is 0 Å². The van der Waals surface area contributed by atoms with Gasteiger partial charge in [0.25, 0.3) is 0 Å². The topological polar surface area (TPSA) is 0 Å². The van der Waals surface area contributed by atoms with Gasteiger partial charge < -0.3 is 0 Å². The quantitative estimate of drug-likeness (QED) is 0.605. The van der Waals surface area contributed by atoms with Crippen molar-refractivity contribution < 1.29 is 0 Å². The first-order chi connectivity index (χ1) is 6.83. The molecule has 0 amide bonds. The minimum absolute atomic E-state index is 0.558. The molecule has 1 rings (SSSR count). The number of rotatable bonds is 3. The Morgan fingerprint density at radius 3 is 2.13 bits per heavy atom. The number of hydrogen-bond donors (Lipinski definition) is 0. The van der Waals surface area contributed by atoms with Crippen molar-refractivity contribution in [3.05, 3.63) is 0 Å². The minimum atomic E-state index is 0.558. The van der Waals surface area contributed by atoms with Crippen LogP contribution < -0.4 is 0 Å². The Morgan fingerprint density at radius 2 is 1.67 bits per heavy atom. The van der Waals surface area contributed by atoms with Crippen molar-refractivity contribution in [2.75, 3.05) is 0 Å². The van der Waals surface area contributed by atoms with Crippen LogP contribution in [0.2, 0.25) is 0 Å². The van der Waals surface area contributed by atoms with E-state index in [4.69, 9.17) is 0 Å². The zero-order chi connectivity index (χ0) is 11.6. The molecule has 0 aliphatic heterocycles. The molecule has 3 atom stereocenters. The molecule has 0 saturated heterocycles. The maximum absolute atomic E-state index is 2.49. The Balaban J connectivity index is 2.56. The highest BCUT2D eigenvalue weighted by atomic mass is 14.4. The van der Waals surface area contributed by atoms with Crippen LogP contribution in [0.25, 0.3) is 0 Å². The fraction of sp³-hybridized carbons (Fsp3) is 1.00. The highest BCUT2D eigenvalue weighted by Crippen LogP contribution is 2.45. The molecule has 1 aliphatic rings. The van der Waals surface area contributed by atoms with Gasteiger partial charge in [-0.2, -0.15) is 0 Å². The fourth-order valence-electron chi connectivity index (χ4n) is 3.48. The molecule has 0 spiro atoms. The molecule has 1 fully saturated rings. The third kappa shape index (κ3) is 3.50. The van der Waals surface area contributed by atoms with Gasteiger partial charge in [0.15, 0.2) is 0 Å². The van der Waals surface area contributed by atoms with Crippen molar-refractivity contribution in [1.82, 2.24) is 0 Å². The Labute approximate surface area is 96.8 Å². The first-order valence-electron chi connectivity index (χ1n) is 6.83. The monoisotopic (exact) mass is 210 g/mol. The summed E-state index contributed by atoms with van der Waals surface area (Å²) >= 11 is 0. The third-order valence-electron chi connectivity index (χ3n) is 4.64. The lowest BCUT2D eigenvalue weighted by Crippen LogP contribution is -2.32. The highest BCUT2D eigenvalue weighted by Gasteiger charge is 2.35. The van der Waals surface area contributed by atoms with Crippen LogP contribution in [0.3, 0.4) is 0 Å². The molecule has 0 heteroatoms. The summed E-state index contributed by atoms with van der Waals surface area (Å²) in [5.41, 5.74) is 0.558. The standard InChI is InChI=1S/C15H30/c1-11(2)10-15(5,6)14-8-7-12(3)13(4)9-14/h11-14H,7-10H2,1-6H3. The van der Waals surface area contributed by atoms with Crippen molar-refractivity contribution in [3.8, 4) is 0 Å². The summed E-state index contributed by atoms with van der Waals surface area (Å²) in [5, 5.41) is 0. The van der Waals surface area contributed by atoms with Crippen molar-refractivity contribution in [2.45, 2.75) is 67.2 Å². The number of hydrogen-bond acceptors (Lipinski definition) is 0. The smallest absolute Gasteiger partial charge is 0.0323 e. The average molecular weight is 210 g/mol. The fourth-order valence-corrected chi connectivity index (χ4v) is 3.48. The second kappa shape index (κ2) is 4.89. The van der Waals surface area contributed by atoms with Gasteiger partial charge in [-0.15, -0.1) is 0 Å². The first kappa shape index (κ1) is 13.1. The van der Waals surface area contributed by atoms with Crippen molar-refractivity contribution >= 4 is 0 Å². The molecular formula is C15H30. The molecule has 0 aromatic heterocycles. The van der Waals surface area contributed by atoms with Gasteiger partial charge in [0.1, 0.15) is 0 Å². The zero-order valence-corrected chi connectivity index (χ0v) is 11.6.